The van der Waals surface area contributed by atoms with Crippen LogP contribution in [-0.2, 0) is 16.0 Å². The number of fused-ring (bicyclic) bond motifs is 1. The van der Waals surface area contributed by atoms with E-state index in [1.807, 2.05) is 25.1 Å². The van der Waals surface area contributed by atoms with Gasteiger partial charge in [-0.3, -0.25) is 0 Å². The molecule has 7 heteroatoms. The highest BCUT2D eigenvalue weighted by Crippen LogP contribution is 2.30. The van der Waals surface area contributed by atoms with Gasteiger partial charge in [-0.05, 0) is 37.8 Å². The summed E-state index contributed by atoms with van der Waals surface area (Å²) in [7, 11) is 0. The summed E-state index contributed by atoms with van der Waals surface area (Å²) in [5, 5.41) is 0. The van der Waals surface area contributed by atoms with Crippen LogP contribution in [0, 0.1) is 6.92 Å². The van der Waals surface area contributed by atoms with E-state index >= 15 is 0 Å². The third-order valence-electron chi connectivity index (χ3n) is 4.72. The lowest BCUT2D eigenvalue weighted by atomic mass is 10.1. The minimum atomic E-state index is -0.0407. The maximum atomic E-state index is 6.24. The highest BCUT2D eigenvalue weighted by atomic mass is 35.5. The molecule has 1 aliphatic heterocycles. The predicted molar refractivity (Wildman–Crippen MR) is 109 cm³/mol. The molecule has 1 saturated heterocycles. The van der Waals surface area contributed by atoms with E-state index in [1.165, 1.54) is 0 Å². The Labute approximate surface area is 165 Å². The van der Waals surface area contributed by atoms with Crippen LogP contribution < -0.4 is 5.73 Å². The summed E-state index contributed by atoms with van der Waals surface area (Å²) in [5.74, 6) is 1.24. The van der Waals surface area contributed by atoms with Crippen molar-refractivity contribution in [1.29, 1.82) is 0 Å². The molecule has 2 N–H and O–H groups in total. The van der Waals surface area contributed by atoms with Gasteiger partial charge in [0.1, 0.15) is 11.3 Å². The third kappa shape index (κ3) is 4.24. The molecular formula is C20H25ClN4O2. The molecule has 4 rings (SSSR count). The summed E-state index contributed by atoms with van der Waals surface area (Å²) in [6, 6.07) is 12.5. The quantitative estimate of drug-likeness (QED) is 0.647. The van der Waals surface area contributed by atoms with Crippen molar-refractivity contribution in [1.82, 2.24) is 14.5 Å². The molecule has 0 amide bonds. The molecule has 0 radical (unpaired) electrons. The first-order chi connectivity index (χ1) is 12.7. The average Bonchev–Trinajstić information content (AvgIpc) is 3.27. The average molecular weight is 389 g/mol. The van der Waals surface area contributed by atoms with Gasteiger partial charge in [-0.1, -0.05) is 30.3 Å². The van der Waals surface area contributed by atoms with Gasteiger partial charge in [0.25, 0.3) is 0 Å². The van der Waals surface area contributed by atoms with Crippen LogP contribution in [0.4, 0.5) is 5.82 Å². The molecule has 1 aliphatic rings. The topological polar surface area (TPSA) is 75.2 Å². The molecule has 6 nitrogen and oxygen atoms in total. The smallest absolute Gasteiger partial charge is 0.157 e. The summed E-state index contributed by atoms with van der Waals surface area (Å²) in [4.78, 5) is 8.95. The number of hydrogen-bond donors (Lipinski definition) is 1. The van der Waals surface area contributed by atoms with Gasteiger partial charge in [-0.25, -0.2) is 9.97 Å². The van der Waals surface area contributed by atoms with Crippen LogP contribution in [-0.4, -0.2) is 34.0 Å². The molecule has 3 aromatic rings. The highest BCUT2D eigenvalue weighted by molar-refractivity contribution is 5.90. The summed E-state index contributed by atoms with van der Waals surface area (Å²) in [5.41, 5.74) is 10.3. The van der Waals surface area contributed by atoms with Gasteiger partial charge in [-0.2, -0.15) is 0 Å². The standard InChI is InChI=1S/C20H24N4O2.ClH/c1-14-22-16-13-17(15-7-3-2-4-8-15)24(19(16)20(21)23-14)10-6-5-9-18-25-11-12-26-18;/h2-4,7-8,13,18H,5-6,9-12H2,1H3,(H2,21,22,23);1H. The molecule has 0 atom stereocenters. The lowest BCUT2D eigenvalue weighted by Gasteiger charge is -2.13. The molecule has 3 heterocycles. The number of aryl methyl sites for hydroxylation is 2. The Balaban J connectivity index is 0.00000210. The molecule has 144 valence electrons. The Hall–Kier alpha value is -2.15. The van der Waals surface area contributed by atoms with Crippen LogP contribution in [0.3, 0.4) is 0 Å². The van der Waals surface area contributed by atoms with Gasteiger partial charge in [0, 0.05) is 6.54 Å². The minimum absolute atomic E-state index is 0. The summed E-state index contributed by atoms with van der Waals surface area (Å²) in [6.45, 7) is 4.14. The lowest BCUT2D eigenvalue weighted by Crippen LogP contribution is -2.08. The molecule has 1 fully saturated rings. The molecule has 0 bridgehead atoms. The fourth-order valence-corrected chi connectivity index (χ4v) is 3.55. The van der Waals surface area contributed by atoms with E-state index in [1.54, 1.807) is 0 Å². The first-order valence-corrected chi connectivity index (χ1v) is 9.14. The molecule has 2 aromatic heterocycles. The number of nitrogens with zero attached hydrogens (tertiary/aromatic N) is 3. The van der Waals surface area contributed by atoms with Crippen molar-refractivity contribution >= 4 is 29.3 Å². The zero-order chi connectivity index (χ0) is 17.9. The van der Waals surface area contributed by atoms with Crippen molar-refractivity contribution in [3.8, 4) is 11.3 Å². The van der Waals surface area contributed by atoms with Crippen molar-refractivity contribution in [2.75, 3.05) is 18.9 Å². The predicted octanol–water partition coefficient (Wildman–Crippen LogP) is 3.95. The summed E-state index contributed by atoms with van der Waals surface area (Å²) >= 11 is 0. The Kier molecular flexibility index (Phi) is 6.31. The SMILES string of the molecule is Cc1nc(N)c2c(cc(-c3ccccc3)n2CCCCC2OCCO2)n1.Cl. The molecule has 0 spiro atoms. The zero-order valence-electron chi connectivity index (χ0n) is 15.4. The maximum Gasteiger partial charge on any atom is 0.157 e. The van der Waals surface area contributed by atoms with E-state index in [0.29, 0.717) is 24.9 Å². The normalized spacial score (nSPS) is 14.6. The number of rotatable bonds is 6. The Bertz CT molecular complexity index is 892. The van der Waals surface area contributed by atoms with Crippen LogP contribution >= 0.6 is 12.4 Å². The first kappa shape index (κ1) is 19.6. The number of unbranched alkanes of at least 4 members (excludes halogenated alkanes) is 1. The molecule has 0 saturated carbocycles. The fourth-order valence-electron chi connectivity index (χ4n) is 3.55. The number of nitrogens with two attached hydrogens (primary N) is 1. The summed E-state index contributed by atoms with van der Waals surface area (Å²) < 4.78 is 13.3. The minimum Gasteiger partial charge on any atom is -0.382 e. The molecule has 0 unspecified atom stereocenters. The van der Waals surface area contributed by atoms with Gasteiger partial charge < -0.3 is 19.8 Å². The van der Waals surface area contributed by atoms with Crippen LogP contribution in [0.15, 0.2) is 36.4 Å². The van der Waals surface area contributed by atoms with Crippen molar-refractivity contribution in [3.63, 3.8) is 0 Å². The van der Waals surface area contributed by atoms with E-state index in [0.717, 1.165) is 48.1 Å². The largest absolute Gasteiger partial charge is 0.382 e. The second kappa shape index (κ2) is 8.69. The van der Waals surface area contributed by atoms with Crippen LogP contribution in [0.1, 0.15) is 25.1 Å². The van der Waals surface area contributed by atoms with Gasteiger partial charge in [0.05, 0.1) is 24.4 Å². The second-order valence-corrected chi connectivity index (χ2v) is 6.60. The number of nitrogen functional groups attached to an aromatic ring is 1. The highest BCUT2D eigenvalue weighted by Gasteiger charge is 2.17. The zero-order valence-corrected chi connectivity index (χ0v) is 16.2. The van der Waals surface area contributed by atoms with Crippen molar-refractivity contribution < 1.29 is 9.47 Å². The molecule has 27 heavy (non-hydrogen) atoms. The van der Waals surface area contributed by atoms with Gasteiger partial charge in [0.2, 0.25) is 0 Å². The second-order valence-electron chi connectivity index (χ2n) is 6.60. The van der Waals surface area contributed by atoms with Gasteiger partial charge >= 0.3 is 0 Å². The number of benzene rings is 1. The number of anilines is 1. The van der Waals surface area contributed by atoms with E-state index in [4.69, 9.17) is 15.2 Å². The van der Waals surface area contributed by atoms with Crippen molar-refractivity contribution in [2.24, 2.45) is 0 Å². The lowest BCUT2D eigenvalue weighted by molar-refractivity contribution is -0.0480. The Morgan fingerprint density at radius 2 is 1.85 bits per heavy atom. The molecule has 1 aromatic carbocycles. The van der Waals surface area contributed by atoms with Gasteiger partial charge in [-0.15, -0.1) is 12.4 Å². The number of aromatic nitrogens is 3. The van der Waals surface area contributed by atoms with Crippen LogP contribution in [0.5, 0.6) is 0 Å². The van der Waals surface area contributed by atoms with E-state index in [-0.39, 0.29) is 18.7 Å². The fraction of sp³-hybridized carbons (Fsp3) is 0.400. The molecule has 0 aliphatic carbocycles. The third-order valence-corrected chi connectivity index (χ3v) is 4.72. The van der Waals surface area contributed by atoms with E-state index in [9.17, 15) is 0 Å². The maximum absolute atomic E-state index is 6.24. The van der Waals surface area contributed by atoms with Crippen molar-refractivity contribution in [3.05, 3.63) is 42.2 Å². The monoisotopic (exact) mass is 388 g/mol. The van der Waals surface area contributed by atoms with Crippen LogP contribution in [0.25, 0.3) is 22.3 Å². The van der Waals surface area contributed by atoms with E-state index in [2.05, 4.69) is 32.7 Å². The summed E-state index contributed by atoms with van der Waals surface area (Å²) in [6.07, 6.45) is 2.93. The van der Waals surface area contributed by atoms with Gasteiger partial charge in [0.15, 0.2) is 12.1 Å². The number of halogens is 1. The molecular weight excluding hydrogens is 364 g/mol. The number of hydrogen-bond acceptors (Lipinski definition) is 5. The number of ether oxygens (including phenoxy) is 2. The van der Waals surface area contributed by atoms with Crippen LogP contribution in [0.2, 0.25) is 0 Å². The van der Waals surface area contributed by atoms with Crippen molar-refractivity contribution in [2.45, 2.75) is 39.0 Å². The Morgan fingerprint density at radius 3 is 2.59 bits per heavy atom. The first-order valence-electron chi connectivity index (χ1n) is 9.14. The Morgan fingerprint density at radius 1 is 1.11 bits per heavy atom. The van der Waals surface area contributed by atoms with E-state index < -0.39 is 0 Å².